The van der Waals surface area contributed by atoms with Crippen LogP contribution in [-0.2, 0) is 14.3 Å². The number of amides is 1. The summed E-state index contributed by atoms with van der Waals surface area (Å²) in [7, 11) is 0. The van der Waals surface area contributed by atoms with Gasteiger partial charge >= 0.3 is 5.97 Å². The maximum atomic E-state index is 13.2. The predicted molar refractivity (Wildman–Crippen MR) is 75.0 cm³/mol. The molecule has 1 aromatic rings. The number of ether oxygens (including phenoxy) is 1. The third-order valence-electron chi connectivity index (χ3n) is 4.53. The van der Waals surface area contributed by atoms with Crippen molar-refractivity contribution in [1.29, 1.82) is 0 Å². The molecule has 1 saturated heterocycles. The van der Waals surface area contributed by atoms with Crippen LogP contribution in [0.1, 0.15) is 38.5 Å². The molecule has 1 aliphatic carbocycles. The molecule has 1 amide bonds. The van der Waals surface area contributed by atoms with E-state index in [0.29, 0.717) is 12.8 Å². The van der Waals surface area contributed by atoms with E-state index in [1.54, 1.807) is 0 Å². The van der Waals surface area contributed by atoms with E-state index >= 15 is 0 Å². The first-order valence-corrected chi connectivity index (χ1v) is 7.48. The van der Waals surface area contributed by atoms with Gasteiger partial charge in [0.15, 0.2) is 11.6 Å². The van der Waals surface area contributed by atoms with E-state index in [1.165, 1.54) is 6.07 Å². The van der Waals surface area contributed by atoms with Crippen LogP contribution in [0.25, 0.3) is 0 Å². The number of benzene rings is 1. The van der Waals surface area contributed by atoms with Crippen molar-refractivity contribution in [2.75, 3.05) is 5.32 Å². The predicted octanol–water partition coefficient (Wildman–Crippen LogP) is 3.17. The van der Waals surface area contributed by atoms with Crippen molar-refractivity contribution in [3.8, 4) is 0 Å². The second-order valence-corrected chi connectivity index (χ2v) is 5.97. The second-order valence-electron chi connectivity index (χ2n) is 5.97. The number of rotatable bonds is 2. The minimum Gasteiger partial charge on any atom is -0.458 e. The number of hydrogen-bond acceptors (Lipinski definition) is 3. The van der Waals surface area contributed by atoms with Crippen LogP contribution in [0.3, 0.4) is 0 Å². The Kier molecular flexibility index (Phi) is 3.85. The summed E-state index contributed by atoms with van der Waals surface area (Å²) in [4.78, 5) is 24.1. The number of carbonyl (C=O) groups is 2. The summed E-state index contributed by atoms with van der Waals surface area (Å²) in [5, 5.41) is 2.57. The Morgan fingerprint density at radius 2 is 1.91 bits per heavy atom. The summed E-state index contributed by atoms with van der Waals surface area (Å²) in [5.41, 5.74) is -0.549. The maximum absolute atomic E-state index is 13.2. The van der Waals surface area contributed by atoms with E-state index in [-0.39, 0.29) is 24.0 Å². The fourth-order valence-electron chi connectivity index (χ4n) is 3.43. The molecular weight excluding hydrogens is 292 g/mol. The maximum Gasteiger partial charge on any atom is 0.307 e. The van der Waals surface area contributed by atoms with E-state index in [4.69, 9.17) is 4.74 Å². The van der Waals surface area contributed by atoms with Crippen molar-refractivity contribution in [3.63, 3.8) is 0 Å². The zero-order valence-electron chi connectivity index (χ0n) is 12.0. The van der Waals surface area contributed by atoms with E-state index in [0.717, 1.165) is 31.4 Å². The highest BCUT2D eigenvalue weighted by molar-refractivity contribution is 5.97. The molecule has 1 heterocycles. The average molecular weight is 309 g/mol. The third-order valence-corrected chi connectivity index (χ3v) is 4.53. The molecule has 1 aliphatic heterocycles. The molecule has 22 heavy (non-hydrogen) atoms. The van der Waals surface area contributed by atoms with Gasteiger partial charge in [0.05, 0.1) is 12.3 Å². The molecule has 1 saturated carbocycles. The number of carbonyl (C=O) groups excluding carboxylic acids is 2. The summed E-state index contributed by atoms with van der Waals surface area (Å²) in [6, 6.07) is 3.18. The molecule has 4 nitrogen and oxygen atoms in total. The molecule has 6 heteroatoms. The van der Waals surface area contributed by atoms with Gasteiger partial charge in [-0.25, -0.2) is 8.78 Å². The Morgan fingerprint density at radius 1 is 1.18 bits per heavy atom. The fourth-order valence-corrected chi connectivity index (χ4v) is 3.43. The van der Waals surface area contributed by atoms with Crippen LogP contribution < -0.4 is 5.32 Å². The fraction of sp³-hybridized carbons (Fsp3) is 0.500. The minimum absolute atomic E-state index is 0.0372. The van der Waals surface area contributed by atoms with Gasteiger partial charge in [0.2, 0.25) is 5.91 Å². The zero-order valence-corrected chi connectivity index (χ0v) is 12.0. The van der Waals surface area contributed by atoms with Crippen molar-refractivity contribution in [2.45, 2.75) is 44.1 Å². The number of esters is 1. The highest BCUT2D eigenvalue weighted by Gasteiger charge is 2.52. The molecule has 1 aromatic carbocycles. The number of anilines is 1. The normalized spacial score (nSPS) is 23.4. The Labute approximate surface area is 126 Å². The van der Waals surface area contributed by atoms with Crippen LogP contribution in [-0.4, -0.2) is 17.5 Å². The van der Waals surface area contributed by atoms with E-state index in [1.807, 2.05) is 0 Å². The largest absolute Gasteiger partial charge is 0.458 e. The quantitative estimate of drug-likeness (QED) is 0.854. The first kappa shape index (κ1) is 14.9. The monoisotopic (exact) mass is 309 g/mol. The molecule has 2 aliphatic rings. The van der Waals surface area contributed by atoms with E-state index < -0.39 is 23.2 Å². The van der Waals surface area contributed by atoms with Crippen LogP contribution in [0.2, 0.25) is 0 Å². The molecular formula is C16H17F2NO3. The van der Waals surface area contributed by atoms with Gasteiger partial charge in [0.1, 0.15) is 5.60 Å². The molecule has 1 atom stereocenters. The molecule has 0 bridgehead atoms. The highest BCUT2D eigenvalue weighted by atomic mass is 19.2. The lowest BCUT2D eigenvalue weighted by Crippen LogP contribution is -2.43. The Morgan fingerprint density at radius 3 is 2.59 bits per heavy atom. The molecule has 3 rings (SSSR count). The van der Waals surface area contributed by atoms with E-state index in [2.05, 4.69) is 5.32 Å². The summed E-state index contributed by atoms with van der Waals surface area (Å²) in [6.45, 7) is 0. The van der Waals surface area contributed by atoms with Crippen molar-refractivity contribution >= 4 is 17.6 Å². The Hall–Kier alpha value is -1.98. The van der Waals surface area contributed by atoms with Gasteiger partial charge in [-0.2, -0.15) is 0 Å². The van der Waals surface area contributed by atoms with Crippen molar-refractivity contribution in [2.24, 2.45) is 5.92 Å². The van der Waals surface area contributed by atoms with Gasteiger partial charge in [-0.3, -0.25) is 9.59 Å². The average Bonchev–Trinajstić information content (AvgIpc) is 2.80. The Bertz CT molecular complexity index is 611. The summed E-state index contributed by atoms with van der Waals surface area (Å²) in [5.74, 6) is -3.32. The highest BCUT2D eigenvalue weighted by Crippen LogP contribution is 2.44. The van der Waals surface area contributed by atoms with Gasteiger partial charge in [0.25, 0.3) is 0 Å². The molecule has 2 fully saturated rings. The molecule has 0 aromatic heterocycles. The number of halogens is 2. The lowest BCUT2D eigenvalue weighted by Gasteiger charge is -2.36. The summed E-state index contributed by atoms with van der Waals surface area (Å²) >= 11 is 0. The van der Waals surface area contributed by atoms with Gasteiger partial charge in [0, 0.05) is 11.8 Å². The Balaban J connectivity index is 1.78. The van der Waals surface area contributed by atoms with Gasteiger partial charge in [-0.1, -0.05) is 6.42 Å². The van der Waals surface area contributed by atoms with Crippen LogP contribution >= 0.6 is 0 Å². The lowest BCUT2D eigenvalue weighted by atomic mass is 9.75. The van der Waals surface area contributed by atoms with Crippen LogP contribution in [0.4, 0.5) is 14.5 Å². The molecule has 1 unspecified atom stereocenters. The lowest BCUT2D eigenvalue weighted by molar-refractivity contribution is -0.153. The zero-order chi connectivity index (χ0) is 15.7. The van der Waals surface area contributed by atoms with Gasteiger partial charge in [-0.15, -0.1) is 0 Å². The number of nitrogens with one attached hydrogen (secondary N) is 1. The van der Waals surface area contributed by atoms with Crippen LogP contribution in [0.5, 0.6) is 0 Å². The third kappa shape index (κ3) is 2.69. The van der Waals surface area contributed by atoms with Crippen LogP contribution in [0, 0.1) is 17.6 Å². The summed E-state index contributed by atoms with van der Waals surface area (Å²) < 4.78 is 31.6. The van der Waals surface area contributed by atoms with Crippen molar-refractivity contribution in [1.82, 2.24) is 0 Å². The topological polar surface area (TPSA) is 55.4 Å². The van der Waals surface area contributed by atoms with Gasteiger partial charge in [-0.05, 0) is 37.8 Å². The SMILES string of the molecule is O=C1CC(C(=O)Nc2ccc(F)c(F)c2)C2(CCCCC2)O1. The molecule has 1 spiro atoms. The molecule has 0 radical (unpaired) electrons. The van der Waals surface area contributed by atoms with Crippen molar-refractivity contribution in [3.05, 3.63) is 29.8 Å². The van der Waals surface area contributed by atoms with E-state index in [9.17, 15) is 18.4 Å². The first-order chi connectivity index (χ1) is 10.5. The second kappa shape index (κ2) is 5.66. The minimum atomic E-state index is -1.02. The van der Waals surface area contributed by atoms with Crippen molar-refractivity contribution < 1.29 is 23.1 Å². The summed E-state index contributed by atoms with van der Waals surface area (Å²) in [6.07, 6.45) is 4.29. The standard InChI is InChI=1S/C16H17F2NO3/c17-12-5-4-10(8-13(12)18)19-15(21)11-9-14(20)22-16(11)6-2-1-3-7-16/h4-5,8,11H,1-3,6-7,9H2,(H,19,21). The molecule has 118 valence electrons. The van der Waals surface area contributed by atoms with Gasteiger partial charge < -0.3 is 10.1 Å². The van der Waals surface area contributed by atoms with Crippen LogP contribution in [0.15, 0.2) is 18.2 Å². The smallest absolute Gasteiger partial charge is 0.307 e. The number of hydrogen-bond donors (Lipinski definition) is 1. The molecule has 1 N–H and O–H groups in total. The first-order valence-electron chi connectivity index (χ1n) is 7.48.